The van der Waals surface area contributed by atoms with Crippen molar-refractivity contribution in [1.82, 2.24) is 15.5 Å². The molecule has 0 aromatic heterocycles. The Labute approximate surface area is 98.7 Å². The van der Waals surface area contributed by atoms with E-state index in [-0.39, 0.29) is 0 Å². The van der Waals surface area contributed by atoms with Gasteiger partial charge < -0.3 is 20.3 Å². The van der Waals surface area contributed by atoms with Crippen LogP contribution in [0.1, 0.15) is 19.3 Å². The Bertz CT molecular complexity index is 191. The van der Waals surface area contributed by atoms with Gasteiger partial charge in [0.2, 0.25) is 0 Å². The highest BCUT2D eigenvalue weighted by molar-refractivity contribution is 4.77. The van der Waals surface area contributed by atoms with Crippen molar-refractivity contribution in [3.8, 4) is 0 Å². The van der Waals surface area contributed by atoms with E-state index in [0.29, 0.717) is 12.1 Å². The Morgan fingerprint density at radius 1 is 1.38 bits per heavy atom. The van der Waals surface area contributed by atoms with Gasteiger partial charge in [-0.25, -0.2) is 0 Å². The zero-order valence-corrected chi connectivity index (χ0v) is 10.4. The van der Waals surface area contributed by atoms with Crippen LogP contribution in [0.2, 0.25) is 0 Å². The van der Waals surface area contributed by atoms with E-state index in [4.69, 9.17) is 4.74 Å². The van der Waals surface area contributed by atoms with Gasteiger partial charge in [0.1, 0.15) is 0 Å². The van der Waals surface area contributed by atoms with E-state index in [1.165, 1.54) is 25.8 Å². The van der Waals surface area contributed by atoms with Gasteiger partial charge in [0.25, 0.3) is 0 Å². The van der Waals surface area contributed by atoms with Crippen LogP contribution in [-0.2, 0) is 4.74 Å². The summed E-state index contributed by atoms with van der Waals surface area (Å²) in [4.78, 5) is 2.35. The molecule has 0 aromatic rings. The van der Waals surface area contributed by atoms with Gasteiger partial charge in [-0.15, -0.1) is 0 Å². The third kappa shape index (κ3) is 4.01. The Balaban J connectivity index is 1.65. The van der Waals surface area contributed by atoms with Crippen LogP contribution in [0.25, 0.3) is 0 Å². The van der Waals surface area contributed by atoms with E-state index >= 15 is 0 Å². The fraction of sp³-hybridized carbons (Fsp3) is 1.00. The van der Waals surface area contributed by atoms with Crippen molar-refractivity contribution in [2.75, 3.05) is 46.4 Å². The summed E-state index contributed by atoms with van der Waals surface area (Å²) >= 11 is 0. The summed E-state index contributed by atoms with van der Waals surface area (Å²) in [6.07, 6.45) is 4.23. The molecule has 2 aliphatic rings. The first kappa shape index (κ1) is 12.3. The number of nitrogens with zero attached hydrogens (tertiary/aromatic N) is 1. The molecule has 16 heavy (non-hydrogen) atoms. The normalized spacial score (nSPS) is 33.6. The second-order valence-corrected chi connectivity index (χ2v) is 5.04. The molecule has 0 amide bonds. The van der Waals surface area contributed by atoms with E-state index < -0.39 is 0 Å². The zero-order chi connectivity index (χ0) is 11.2. The first-order chi connectivity index (χ1) is 7.84. The van der Waals surface area contributed by atoms with Crippen LogP contribution < -0.4 is 10.6 Å². The van der Waals surface area contributed by atoms with E-state index in [9.17, 15) is 0 Å². The smallest absolute Gasteiger partial charge is 0.0826 e. The average Bonchev–Trinajstić information content (AvgIpc) is 2.55. The van der Waals surface area contributed by atoms with Crippen molar-refractivity contribution in [2.24, 2.45) is 0 Å². The van der Waals surface area contributed by atoms with Gasteiger partial charge in [0.15, 0.2) is 0 Å². The molecule has 0 spiro atoms. The largest absolute Gasteiger partial charge is 0.374 e. The number of ether oxygens (including phenoxy) is 1. The number of nitrogens with one attached hydrogen (secondary N) is 2. The molecule has 0 saturated carbocycles. The van der Waals surface area contributed by atoms with E-state index in [1.54, 1.807) is 0 Å². The lowest BCUT2D eigenvalue weighted by Crippen LogP contribution is -2.46. The van der Waals surface area contributed by atoms with Crippen LogP contribution in [0.3, 0.4) is 0 Å². The van der Waals surface area contributed by atoms with Crippen molar-refractivity contribution in [2.45, 2.75) is 31.4 Å². The molecule has 94 valence electrons. The van der Waals surface area contributed by atoms with Crippen molar-refractivity contribution in [1.29, 1.82) is 0 Å². The minimum atomic E-state index is 0.384. The topological polar surface area (TPSA) is 36.5 Å². The molecular weight excluding hydrogens is 202 g/mol. The Hall–Kier alpha value is -0.160. The zero-order valence-electron chi connectivity index (χ0n) is 10.4. The number of hydrogen-bond acceptors (Lipinski definition) is 4. The van der Waals surface area contributed by atoms with Gasteiger partial charge >= 0.3 is 0 Å². The Morgan fingerprint density at radius 3 is 3.19 bits per heavy atom. The van der Waals surface area contributed by atoms with Crippen LogP contribution in [0, 0.1) is 0 Å². The second-order valence-electron chi connectivity index (χ2n) is 5.04. The number of likely N-dealkylation sites (N-methyl/N-ethyl adjacent to an activating group) is 1. The lowest BCUT2D eigenvalue weighted by molar-refractivity contribution is -0.0194. The Kier molecular flexibility index (Phi) is 5.03. The molecule has 0 aromatic carbocycles. The molecule has 2 atom stereocenters. The van der Waals surface area contributed by atoms with Gasteiger partial charge in [-0.3, -0.25) is 0 Å². The highest BCUT2D eigenvalue weighted by atomic mass is 16.5. The van der Waals surface area contributed by atoms with Gasteiger partial charge in [-0.05, 0) is 39.4 Å². The maximum absolute atomic E-state index is 5.75. The van der Waals surface area contributed by atoms with Crippen molar-refractivity contribution in [3.63, 3.8) is 0 Å². The fourth-order valence-electron chi connectivity index (χ4n) is 2.51. The monoisotopic (exact) mass is 227 g/mol. The maximum Gasteiger partial charge on any atom is 0.0826 e. The molecule has 4 heteroatoms. The molecule has 0 aliphatic carbocycles. The summed E-state index contributed by atoms with van der Waals surface area (Å²) in [6.45, 7) is 6.37. The molecule has 4 nitrogen and oxygen atoms in total. The molecule has 2 heterocycles. The van der Waals surface area contributed by atoms with Gasteiger partial charge in [0, 0.05) is 25.7 Å². The van der Waals surface area contributed by atoms with E-state index in [0.717, 1.165) is 32.8 Å². The minimum Gasteiger partial charge on any atom is -0.374 e. The molecule has 2 unspecified atom stereocenters. The van der Waals surface area contributed by atoms with E-state index in [1.807, 2.05) is 0 Å². The molecule has 2 fully saturated rings. The molecule has 0 bridgehead atoms. The third-order valence-electron chi connectivity index (χ3n) is 3.55. The summed E-state index contributed by atoms with van der Waals surface area (Å²) in [5.74, 6) is 0. The minimum absolute atomic E-state index is 0.384. The van der Waals surface area contributed by atoms with Gasteiger partial charge in [-0.2, -0.15) is 0 Å². The fourth-order valence-corrected chi connectivity index (χ4v) is 2.51. The number of rotatable bonds is 3. The summed E-state index contributed by atoms with van der Waals surface area (Å²) in [5.41, 5.74) is 0. The van der Waals surface area contributed by atoms with Crippen LogP contribution in [-0.4, -0.2) is 63.4 Å². The van der Waals surface area contributed by atoms with Gasteiger partial charge in [-0.1, -0.05) is 0 Å². The molecular formula is C12H25N3O. The lowest BCUT2D eigenvalue weighted by Gasteiger charge is -2.31. The van der Waals surface area contributed by atoms with Crippen molar-refractivity contribution in [3.05, 3.63) is 0 Å². The summed E-state index contributed by atoms with van der Waals surface area (Å²) in [7, 11) is 2.17. The first-order valence-electron chi connectivity index (χ1n) is 6.59. The third-order valence-corrected chi connectivity index (χ3v) is 3.55. The quantitative estimate of drug-likeness (QED) is 0.714. The molecule has 2 rings (SSSR count). The standard InChI is InChI=1S/C12H25N3O/c1-15-7-8-16-12(10-15)9-14-11-3-2-5-13-6-4-11/h11-14H,2-10H2,1H3. The molecule has 2 N–H and O–H groups in total. The lowest BCUT2D eigenvalue weighted by atomic mass is 10.1. The second kappa shape index (κ2) is 6.55. The average molecular weight is 227 g/mol. The van der Waals surface area contributed by atoms with Crippen LogP contribution >= 0.6 is 0 Å². The molecule has 0 radical (unpaired) electrons. The molecule has 2 aliphatic heterocycles. The predicted molar refractivity (Wildman–Crippen MR) is 65.7 cm³/mol. The van der Waals surface area contributed by atoms with Gasteiger partial charge in [0.05, 0.1) is 12.7 Å². The van der Waals surface area contributed by atoms with Crippen LogP contribution in [0.4, 0.5) is 0 Å². The highest BCUT2D eigenvalue weighted by Crippen LogP contribution is 2.07. The van der Waals surface area contributed by atoms with Crippen molar-refractivity contribution >= 4 is 0 Å². The van der Waals surface area contributed by atoms with Crippen LogP contribution in [0.5, 0.6) is 0 Å². The Morgan fingerprint density at radius 2 is 2.31 bits per heavy atom. The van der Waals surface area contributed by atoms with Crippen molar-refractivity contribution < 1.29 is 4.74 Å². The first-order valence-corrected chi connectivity index (χ1v) is 6.59. The summed E-state index contributed by atoms with van der Waals surface area (Å²) in [6, 6.07) is 0.686. The summed E-state index contributed by atoms with van der Waals surface area (Å²) in [5, 5.41) is 7.10. The number of hydrogen-bond donors (Lipinski definition) is 2. The van der Waals surface area contributed by atoms with Crippen LogP contribution in [0.15, 0.2) is 0 Å². The molecule has 2 saturated heterocycles. The SMILES string of the molecule is CN1CCOC(CNC2CCCNCC2)C1. The van der Waals surface area contributed by atoms with E-state index in [2.05, 4.69) is 22.6 Å². The summed E-state index contributed by atoms with van der Waals surface area (Å²) < 4.78 is 5.75. The maximum atomic E-state index is 5.75. The number of morpholine rings is 1. The predicted octanol–water partition coefficient (Wildman–Crippen LogP) is 0.0487. The highest BCUT2D eigenvalue weighted by Gasteiger charge is 2.19.